The molecule has 0 aliphatic heterocycles. The average Bonchev–Trinajstić information content (AvgIpc) is 2.31. The first-order valence-corrected chi connectivity index (χ1v) is 6.30. The van der Waals surface area contributed by atoms with Crippen molar-refractivity contribution in [2.75, 3.05) is 13.7 Å². The first-order valence-electron chi connectivity index (χ1n) is 6.30. The second kappa shape index (κ2) is 10.4. The summed E-state index contributed by atoms with van der Waals surface area (Å²) in [5.41, 5.74) is 0. The van der Waals surface area contributed by atoms with Gasteiger partial charge in [0.05, 0.1) is 12.7 Å². The molecule has 0 radical (unpaired) electrons. The summed E-state index contributed by atoms with van der Waals surface area (Å²) in [4.78, 5) is 22.5. The number of ether oxygens (including phenoxy) is 1. The zero-order chi connectivity index (χ0) is 13.1. The van der Waals surface area contributed by atoms with Crippen molar-refractivity contribution in [3.63, 3.8) is 0 Å². The van der Waals surface area contributed by atoms with Crippen LogP contribution in [-0.4, -0.2) is 36.5 Å². The molecule has 0 spiro atoms. The van der Waals surface area contributed by atoms with Gasteiger partial charge in [-0.05, 0) is 19.3 Å². The van der Waals surface area contributed by atoms with Gasteiger partial charge in [0.1, 0.15) is 11.6 Å². The fourth-order valence-corrected chi connectivity index (χ4v) is 1.54. The predicted molar refractivity (Wildman–Crippen MR) is 65.9 cm³/mol. The van der Waals surface area contributed by atoms with E-state index in [0.717, 1.165) is 6.42 Å². The van der Waals surface area contributed by atoms with Crippen LogP contribution in [-0.2, 0) is 14.3 Å². The number of aliphatic hydroxyl groups excluding tert-OH is 1. The Balaban J connectivity index is 3.55. The van der Waals surface area contributed by atoms with Crippen molar-refractivity contribution >= 4 is 11.6 Å². The van der Waals surface area contributed by atoms with Crippen molar-refractivity contribution < 1.29 is 19.4 Å². The fraction of sp³-hybridized carbons (Fsp3) is 0.846. The molecule has 0 amide bonds. The van der Waals surface area contributed by atoms with E-state index in [1.165, 1.54) is 0 Å². The van der Waals surface area contributed by atoms with E-state index >= 15 is 0 Å². The highest BCUT2D eigenvalue weighted by Gasteiger charge is 2.10. The van der Waals surface area contributed by atoms with E-state index < -0.39 is 6.10 Å². The molecule has 4 heteroatoms. The Bertz CT molecular complexity index is 225. The minimum Gasteiger partial charge on any atom is -0.393 e. The standard InChI is InChI=1S/C13H24O4/c1-3-4-11(14)5-6-12(15)7-8-13(16)9-10-17-2/h12,15H,3-10H2,1-2H3. The Morgan fingerprint density at radius 3 is 2.06 bits per heavy atom. The van der Waals surface area contributed by atoms with Crippen LogP contribution in [0.2, 0.25) is 0 Å². The first kappa shape index (κ1) is 16.3. The highest BCUT2D eigenvalue weighted by Crippen LogP contribution is 2.08. The summed E-state index contributed by atoms with van der Waals surface area (Å²) >= 11 is 0. The second-order valence-corrected chi connectivity index (χ2v) is 4.30. The van der Waals surface area contributed by atoms with Gasteiger partial charge in [0.25, 0.3) is 0 Å². The minimum atomic E-state index is -0.540. The molecular formula is C13H24O4. The molecule has 0 bridgehead atoms. The second-order valence-electron chi connectivity index (χ2n) is 4.30. The molecule has 0 fully saturated rings. The predicted octanol–water partition coefficient (Wildman–Crippen LogP) is 1.88. The van der Waals surface area contributed by atoms with Gasteiger partial charge in [0.15, 0.2) is 0 Å². The number of rotatable bonds is 11. The maximum absolute atomic E-state index is 11.3. The fourth-order valence-electron chi connectivity index (χ4n) is 1.54. The molecule has 0 aromatic rings. The summed E-state index contributed by atoms with van der Waals surface area (Å²) in [5, 5.41) is 9.60. The molecule has 0 aromatic heterocycles. The van der Waals surface area contributed by atoms with Gasteiger partial charge in [-0.3, -0.25) is 9.59 Å². The van der Waals surface area contributed by atoms with Crippen molar-refractivity contribution in [1.82, 2.24) is 0 Å². The smallest absolute Gasteiger partial charge is 0.135 e. The summed E-state index contributed by atoms with van der Waals surface area (Å²) in [6.45, 7) is 2.40. The maximum atomic E-state index is 11.3. The number of Topliss-reactive ketones (excluding diaryl/α,β-unsaturated/α-hetero) is 2. The quantitative estimate of drug-likeness (QED) is 0.602. The number of hydrogen-bond acceptors (Lipinski definition) is 4. The van der Waals surface area contributed by atoms with E-state index in [1.807, 2.05) is 6.92 Å². The van der Waals surface area contributed by atoms with Crippen LogP contribution in [0.25, 0.3) is 0 Å². The third-order valence-electron chi connectivity index (χ3n) is 2.63. The van der Waals surface area contributed by atoms with E-state index in [-0.39, 0.29) is 11.6 Å². The number of ketones is 2. The van der Waals surface area contributed by atoms with Crippen LogP contribution in [0, 0.1) is 0 Å². The number of aliphatic hydroxyl groups is 1. The molecule has 0 aliphatic carbocycles. The van der Waals surface area contributed by atoms with Crippen LogP contribution in [0.4, 0.5) is 0 Å². The molecule has 0 aliphatic rings. The van der Waals surface area contributed by atoms with Gasteiger partial charge in [-0.1, -0.05) is 6.92 Å². The highest BCUT2D eigenvalue weighted by molar-refractivity contribution is 5.79. The molecule has 0 saturated heterocycles. The molecule has 0 saturated carbocycles. The van der Waals surface area contributed by atoms with Crippen LogP contribution >= 0.6 is 0 Å². The molecule has 100 valence electrons. The van der Waals surface area contributed by atoms with Crippen LogP contribution < -0.4 is 0 Å². The molecule has 4 nitrogen and oxygen atoms in total. The topological polar surface area (TPSA) is 63.6 Å². The summed E-state index contributed by atoms with van der Waals surface area (Å²) in [6.07, 6.45) is 3.00. The SMILES string of the molecule is CCCC(=O)CCC(O)CCC(=O)CCOC. The van der Waals surface area contributed by atoms with Crippen molar-refractivity contribution in [3.05, 3.63) is 0 Å². The van der Waals surface area contributed by atoms with E-state index in [0.29, 0.717) is 45.1 Å². The molecule has 0 heterocycles. The van der Waals surface area contributed by atoms with Gasteiger partial charge < -0.3 is 9.84 Å². The summed E-state index contributed by atoms with van der Waals surface area (Å²) in [5.74, 6) is 0.294. The average molecular weight is 244 g/mol. The zero-order valence-electron chi connectivity index (χ0n) is 10.9. The minimum absolute atomic E-state index is 0.103. The lowest BCUT2D eigenvalue weighted by atomic mass is 10.0. The van der Waals surface area contributed by atoms with Gasteiger partial charge in [-0.15, -0.1) is 0 Å². The summed E-state index contributed by atoms with van der Waals surface area (Å²) < 4.78 is 4.80. The number of carbonyl (C=O) groups excluding carboxylic acids is 2. The number of methoxy groups -OCH3 is 1. The first-order chi connectivity index (χ1) is 8.10. The number of hydrogen-bond donors (Lipinski definition) is 1. The van der Waals surface area contributed by atoms with Crippen LogP contribution in [0.1, 0.15) is 51.9 Å². The van der Waals surface area contributed by atoms with E-state index in [2.05, 4.69) is 0 Å². The lowest BCUT2D eigenvalue weighted by Gasteiger charge is -2.09. The summed E-state index contributed by atoms with van der Waals surface area (Å²) in [6, 6.07) is 0. The van der Waals surface area contributed by atoms with Crippen molar-refractivity contribution in [1.29, 1.82) is 0 Å². The van der Waals surface area contributed by atoms with Crippen LogP contribution in [0.3, 0.4) is 0 Å². The molecular weight excluding hydrogens is 220 g/mol. The van der Waals surface area contributed by atoms with Crippen LogP contribution in [0.5, 0.6) is 0 Å². The van der Waals surface area contributed by atoms with Gasteiger partial charge in [0, 0.05) is 32.8 Å². The number of carbonyl (C=O) groups is 2. The third kappa shape index (κ3) is 10.1. The van der Waals surface area contributed by atoms with Crippen LogP contribution in [0.15, 0.2) is 0 Å². The van der Waals surface area contributed by atoms with Gasteiger partial charge >= 0.3 is 0 Å². The Labute approximate surface area is 103 Å². The van der Waals surface area contributed by atoms with Gasteiger partial charge in [-0.2, -0.15) is 0 Å². The Morgan fingerprint density at radius 1 is 1.06 bits per heavy atom. The summed E-state index contributed by atoms with van der Waals surface area (Å²) in [7, 11) is 1.56. The lowest BCUT2D eigenvalue weighted by molar-refractivity contribution is -0.120. The largest absolute Gasteiger partial charge is 0.393 e. The molecule has 0 rings (SSSR count). The molecule has 1 N–H and O–H groups in total. The Hall–Kier alpha value is -0.740. The maximum Gasteiger partial charge on any atom is 0.135 e. The monoisotopic (exact) mass is 244 g/mol. The van der Waals surface area contributed by atoms with Crippen molar-refractivity contribution in [2.24, 2.45) is 0 Å². The molecule has 1 atom stereocenters. The van der Waals surface area contributed by atoms with Gasteiger partial charge in [-0.25, -0.2) is 0 Å². The molecule has 1 unspecified atom stereocenters. The normalized spacial score (nSPS) is 12.4. The Kier molecular flexibility index (Phi) is 9.96. The highest BCUT2D eigenvalue weighted by atomic mass is 16.5. The van der Waals surface area contributed by atoms with Gasteiger partial charge in [0.2, 0.25) is 0 Å². The lowest BCUT2D eigenvalue weighted by Crippen LogP contribution is -2.12. The zero-order valence-corrected chi connectivity index (χ0v) is 10.9. The Morgan fingerprint density at radius 2 is 1.59 bits per heavy atom. The van der Waals surface area contributed by atoms with E-state index in [4.69, 9.17) is 4.74 Å². The van der Waals surface area contributed by atoms with E-state index in [9.17, 15) is 14.7 Å². The van der Waals surface area contributed by atoms with E-state index in [1.54, 1.807) is 7.11 Å². The van der Waals surface area contributed by atoms with Crippen molar-refractivity contribution in [3.8, 4) is 0 Å². The van der Waals surface area contributed by atoms with Crippen molar-refractivity contribution in [2.45, 2.75) is 58.0 Å². The molecule has 17 heavy (non-hydrogen) atoms. The molecule has 0 aromatic carbocycles. The third-order valence-corrected chi connectivity index (χ3v) is 2.63.